The third-order valence-electron chi connectivity index (χ3n) is 2.73. The van der Waals surface area contributed by atoms with Gasteiger partial charge in [0.1, 0.15) is 0 Å². The van der Waals surface area contributed by atoms with Crippen LogP contribution in [0.15, 0.2) is 29.3 Å². The Hall–Kier alpha value is -1.75. The predicted octanol–water partition coefficient (Wildman–Crippen LogP) is 1.01. The number of carbonyl (C=O) groups is 1. The van der Waals surface area contributed by atoms with Crippen LogP contribution in [-0.4, -0.2) is 37.5 Å². The van der Waals surface area contributed by atoms with Crippen LogP contribution in [0.2, 0.25) is 5.02 Å². The lowest BCUT2D eigenvalue weighted by molar-refractivity contribution is 0.0954. The van der Waals surface area contributed by atoms with E-state index in [4.69, 9.17) is 11.6 Å². The molecular formula is C13H17ClN4O. The third kappa shape index (κ3) is 3.86. The van der Waals surface area contributed by atoms with E-state index in [1.54, 1.807) is 24.3 Å². The van der Waals surface area contributed by atoms with Crippen molar-refractivity contribution in [3.63, 3.8) is 0 Å². The fourth-order valence-electron chi connectivity index (χ4n) is 1.76. The van der Waals surface area contributed by atoms with Gasteiger partial charge < -0.3 is 16.0 Å². The molecule has 1 amide bonds. The van der Waals surface area contributed by atoms with Gasteiger partial charge in [0, 0.05) is 19.1 Å². The first-order chi connectivity index (χ1) is 9.16. The van der Waals surface area contributed by atoms with Gasteiger partial charge in [0.15, 0.2) is 5.96 Å². The summed E-state index contributed by atoms with van der Waals surface area (Å²) in [6.07, 6.45) is 0. The zero-order valence-electron chi connectivity index (χ0n) is 10.7. The van der Waals surface area contributed by atoms with Crippen molar-refractivity contribution >= 4 is 23.5 Å². The van der Waals surface area contributed by atoms with Crippen LogP contribution in [0.25, 0.3) is 0 Å². The fraction of sp³-hybridized carbons (Fsp3) is 0.385. The van der Waals surface area contributed by atoms with E-state index in [1.807, 2.05) is 0 Å². The van der Waals surface area contributed by atoms with Crippen LogP contribution in [-0.2, 0) is 0 Å². The van der Waals surface area contributed by atoms with Crippen molar-refractivity contribution < 1.29 is 4.79 Å². The first kappa shape index (κ1) is 13.7. The van der Waals surface area contributed by atoms with Gasteiger partial charge in [-0.3, -0.25) is 9.79 Å². The number of aliphatic imine (C=N–C) groups is 1. The molecule has 0 spiro atoms. The van der Waals surface area contributed by atoms with Crippen LogP contribution in [0.5, 0.6) is 0 Å². The minimum absolute atomic E-state index is 0.165. The lowest BCUT2D eigenvalue weighted by Gasteiger charge is -2.10. The molecule has 6 heteroatoms. The number of guanidine groups is 1. The molecule has 2 rings (SSSR count). The molecule has 0 aromatic heterocycles. The van der Waals surface area contributed by atoms with Crippen LogP contribution in [0.4, 0.5) is 0 Å². The highest BCUT2D eigenvalue weighted by atomic mass is 35.5. The zero-order chi connectivity index (χ0) is 13.7. The van der Waals surface area contributed by atoms with E-state index in [0.717, 1.165) is 12.5 Å². The number of nitrogens with one attached hydrogen (secondary N) is 3. The Morgan fingerprint density at radius 3 is 2.95 bits per heavy atom. The molecule has 1 unspecified atom stereocenters. The zero-order valence-corrected chi connectivity index (χ0v) is 11.5. The lowest BCUT2D eigenvalue weighted by atomic mass is 10.2. The van der Waals surface area contributed by atoms with E-state index in [2.05, 4.69) is 27.9 Å². The number of amides is 1. The molecule has 1 aliphatic rings. The minimum Gasteiger partial charge on any atom is -0.355 e. The molecule has 0 saturated heterocycles. The molecule has 0 radical (unpaired) electrons. The quantitative estimate of drug-likeness (QED) is 0.721. The Morgan fingerprint density at radius 1 is 1.47 bits per heavy atom. The van der Waals surface area contributed by atoms with E-state index < -0.39 is 0 Å². The molecule has 0 fully saturated rings. The van der Waals surface area contributed by atoms with E-state index in [9.17, 15) is 4.79 Å². The van der Waals surface area contributed by atoms with Crippen molar-refractivity contribution in [3.8, 4) is 0 Å². The second kappa shape index (κ2) is 6.43. The summed E-state index contributed by atoms with van der Waals surface area (Å²) >= 11 is 5.95. The minimum atomic E-state index is -0.165. The van der Waals surface area contributed by atoms with Crippen LogP contribution >= 0.6 is 11.6 Å². The van der Waals surface area contributed by atoms with Gasteiger partial charge in [-0.25, -0.2) is 0 Å². The van der Waals surface area contributed by atoms with E-state index in [-0.39, 0.29) is 5.91 Å². The van der Waals surface area contributed by atoms with Crippen molar-refractivity contribution in [2.75, 3.05) is 19.6 Å². The highest BCUT2D eigenvalue weighted by Gasteiger charge is 2.12. The maximum atomic E-state index is 11.8. The van der Waals surface area contributed by atoms with E-state index in [0.29, 0.717) is 29.7 Å². The molecule has 0 aliphatic carbocycles. The molecule has 102 valence electrons. The number of halogens is 1. The maximum absolute atomic E-state index is 11.8. The normalized spacial score (nSPS) is 17.6. The van der Waals surface area contributed by atoms with Crippen molar-refractivity contribution in [3.05, 3.63) is 34.9 Å². The highest BCUT2D eigenvalue weighted by Crippen LogP contribution is 2.14. The van der Waals surface area contributed by atoms with Crippen LogP contribution < -0.4 is 16.0 Å². The maximum Gasteiger partial charge on any atom is 0.252 e. The third-order valence-corrected chi connectivity index (χ3v) is 3.06. The molecule has 1 aliphatic heterocycles. The molecule has 5 nitrogen and oxygen atoms in total. The Balaban J connectivity index is 1.71. The molecular weight excluding hydrogens is 264 g/mol. The van der Waals surface area contributed by atoms with Gasteiger partial charge >= 0.3 is 0 Å². The second-order valence-corrected chi connectivity index (χ2v) is 4.80. The summed E-state index contributed by atoms with van der Waals surface area (Å²) in [6.45, 7) is 3.99. The summed E-state index contributed by atoms with van der Waals surface area (Å²) in [5, 5.41) is 9.58. The van der Waals surface area contributed by atoms with Crippen LogP contribution in [0.3, 0.4) is 0 Å². The van der Waals surface area contributed by atoms with Crippen molar-refractivity contribution in [1.29, 1.82) is 0 Å². The Bertz CT molecular complexity index is 489. The topological polar surface area (TPSA) is 65.5 Å². The molecule has 1 atom stereocenters. The molecule has 1 aromatic rings. The first-order valence-corrected chi connectivity index (χ1v) is 6.62. The summed E-state index contributed by atoms with van der Waals surface area (Å²) in [5.74, 6) is 0.626. The standard InChI is InChI=1S/C13H17ClN4O/c1-9-8-17-13(18-9)16-7-6-15-12(19)10-4-2-3-5-11(10)14/h2-5,9H,6-8H2,1H3,(H,15,19)(H2,16,17,18). The fourth-order valence-corrected chi connectivity index (χ4v) is 1.98. The molecule has 0 bridgehead atoms. The summed E-state index contributed by atoms with van der Waals surface area (Å²) in [6, 6.07) is 7.37. The molecule has 19 heavy (non-hydrogen) atoms. The highest BCUT2D eigenvalue weighted by molar-refractivity contribution is 6.33. The summed E-state index contributed by atoms with van der Waals surface area (Å²) < 4.78 is 0. The predicted molar refractivity (Wildman–Crippen MR) is 76.7 cm³/mol. The number of nitrogens with zero attached hydrogens (tertiary/aromatic N) is 1. The average Bonchev–Trinajstić information content (AvgIpc) is 2.81. The van der Waals surface area contributed by atoms with Crippen molar-refractivity contribution in [2.24, 2.45) is 4.99 Å². The first-order valence-electron chi connectivity index (χ1n) is 6.24. The number of rotatable bonds is 4. The number of hydrogen-bond donors (Lipinski definition) is 3. The van der Waals surface area contributed by atoms with Gasteiger partial charge in [0.25, 0.3) is 5.91 Å². The second-order valence-electron chi connectivity index (χ2n) is 4.40. The number of hydrogen-bond acceptors (Lipinski definition) is 4. The van der Waals surface area contributed by atoms with Crippen molar-refractivity contribution in [1.82, 2.24) is 16.0 Å². The Morgan fingerprint density at radius 2 is 2.26 bits per heavy atom. The number of carbonyl (C=O) groups excluding carboxylic acids is 1. The van der Waals surface area contributed by atoms with Gasteiger partial charge in [0.05, 0.1) is 17.1 Å². The Kier molecular flexibility index (Phi) is 4.63. The molecule has 0 saturated carbocycles. The van der Waals surface area contributed by atoms with Gasteiger partial charge in [-0.15, -0.1) is 0 Å². The van der Waals surface area contributed by atoms with Crippen LogP contribution in [0.1, 0.15) is 17.3 Å². The van der Waals surface area contributed by atoms with Crippen molar-refractivity contribution in [2.45, 2.75) is 13.0 Å². The summed E-state index contributed by atoms with van der Waals surface area (Å²) in [5.41, 5.74) is 0.495. The van der Waals surface area contributed by atoms with Crippen LogP contribution in [0, 0.1) is 0 Å². The van der Waals surface area contributed by atoms with Gasteiger partial charge in [-0.05, 0) is 19.1 Å². The summed E-state index contributed by atoms with van der Waals surface area (Å²) in [4.78, 5) is 16.1. The van der Waals surface area contributed by atoms with Gasteiger partial charge in [-0.1, -0.05) is 23.7 Å². The monoisotopic (exact) mass is 280 g/mol. The summed E-state index contributed by atoms with van der Waals surface area (Å²) in [7, 11) is 0. The molecule has 1 aromatic carbocycles. The molecule has 1 heterocycles. The Labute approximate surface area is 117 Å². The smallest absolute Gasteiger partial charge is 0.252 e. The average molecular weight is 281 g/mol. The van der Waals surface area contributed by atoms with E-state index in [1.165, 1.54) is 0 Å². The lowest BCUT2D eigenvalue weighted by Crippen LogP contribution is -2.41. The van der Waals surface area contributed by atoms with E-state index >= 15 is 0 Å². The van der Waals surface area contributed by atoms with Gasteiger partial charge in [0.2, 0.25) is 0 Å². The number of benzene rings is 1. The molecule has 3 N–H and O–H groups in total. The largest absolute Gasteiger partial charge is 0.355 e. The SMILES string of the molecule is CC1CN=C(NCCNC(=O)c2ccccc2Cl)N1. The van der Waals surface area contributed by atoms with Gasteiger partial charge in [-0.2, -0.15) is 0 Å².